The van der Waals surface area contributed by atoms with E-state index in [4.69, 9.17) is 4.74 Å². The molecule has 2 unspecified atom stereocenters. The summed E-state index contributed by atoms with van der Waals surface area (Å²) in [5.41, 5.74) is -0.673. The molecule has 0 aromatic rings. The zero-order chi connectivity index (χ0) is 24.8. The third kappa shape index (κ3) is 11.2. The number of hydrogen-bond acceptors (Lipinski definition) is 3. The van der Waals surface area contributed by atoms with Crippen molar-refractivity contribution >= 4 is 5.91 Å². The maximum atomic E-state index is 13.0. The highest BCUT2D eigenvalue weighted by Crippen LogP contribution is 2.40. The van der Waals surface area contributed by atoms with E-state index in [1.54, 1.807) is 0 Å². The predicted octanol–water partition coefficient (Wildman–Crippen LogP) is 6.58. The van der Waals surface area contributed by atoms with Crippen LogP contribution in [-0.2, 0) is 9.53 Å². The SMILES string of the molecule is CC(C)NC(C)(C)CCOC(C)(C)CC(C)(C)C(C)(C)NC(=O)C(C)CC(C)C(C)C. The Bertz CT molecular complexity index is 547. The summed E-state index contributed by atoms with van der Waals surface area (Å²) < 4.78 is 6.36. The van der Waals surface area contributed by atoms with Gasteiger partial charge in [-0.3, -0.25) is 4.79 Å². The summed E-state index contributed by atoms with van der Waals surface area (Å²) in [6, 6.07) is 0.456. The monoisotopic (exact) mass is 440 g/mol. The average molecular weight is 441 g/mol. The Morgan fingerprint density at radius 3 is 1.84 bits per heavy atom. The van der Waals surface area contributed by atoms with Crippen LogP contribution in [0.3, 0.4) is 0 Å². The van der Waals surface area contributed by atoms with Gasteiger partial charge in [0, 0.05) is 29.6 Å². The zero-order valence-electron chi connectivity index (χ0n) is 23.5. The molecule has 31 heavy (non-hydrogen) atoms. The van der Waals surface area contributed by atoms with Gasteiger partial charge in [-0.05, 0) is 78.1 Å². The van der Waals surface area contributed by atoms with Crippen molar-refractivity contribution in [2.24, 2.45) is 23.2 Å². The average Bonchev–Trinajstić information content (AvgIpc) is 2.50. The molecule has 0 bridgehead atoms. The molecule has 0 aliphatic heterocycles. The third-order valence-corrected chi connectivity index (χ3v) is 7.21. The summed E-state index contributed by atoms with van der Waals surface area (Å²) in [4.78, 5) is 13.0. The summed E-state index contributed by atoms with van der Waals surface area (Å²) in [6.45, 7) is 31.4. The minimum Gasteiger partial charge on any atom is -0.375 e. The Balaban J connectivity index is 4.95. The summed E-state index contributed by atoms with van der Waals surface area (Å²) in [7, 11) is 0. The van der Waals surface area contributed by atoms with Crippen LogP contribution in [0.25, 0.3) is 0 Å². The Morgan fingerprint density at radius 1 is 0.871 bits per heavy atom. The molecule has 0 heterocycles. The molecule has 4 nitrogen and oxygen atoms in total. The first-order chi connectivity index (χ1) is 13.7. The van der Waals surface area contributed by atoms with Crippen LogP contribution >= 0.6 is 0 Å². The molecule has 0 saturated carbocycles. The van der Waals surface area contributed by atoms with Crippen molar-refractivity contribution in [1.82, 2.24) is 10.6 Å². The lowest BCUT2D eigenvalue weighted by Gasteiger charge is -2.46. The fourth-order valence-corrected chi connectivity index (χ4v) is 4.31. The fourth-order valence-electron chi connectivity index (χ4n) is 4.31. The third-order valence-electron chi connectivity index (χ3n) is 7.21. The number of carbonyl (C=O) groups excluding carboxylic acids is 1. The largest absolute Gasteiger partial charge is 0.375 e. The van der Waals surface area contributed by atoms with E-state index in [0.29, 0.717) is 24.5 Å². The number of ether oxygens (including phenoxy) is 1. The van der Waals surface area contributed by atoms with Crippen molar-refractivity contribution in [2.45, 2.75) is 139 Å². The molecule has 0 aliphatic rings. The van der Waals surface area contributed by atoms with Gasteiger partial charge in [0.15, 0.2) is 0 Å². The van der Waals surface area contributed by atoms with E-state index in [0.717, 1.165) is 19.3 Å². The molecular weight excluding hydrogens is 384 g/mol. The van der Waals surface area contributed by atoms with Crippen molar-refractivity contribution in [3.63, 3.8) is 0 Å². The zero-order valence-corrected chi connectivity index (χ0v) is 23.5. The molecule has 0 fully saturated rings. The molecule has 186 valence electrons. The van der Waals surface area contributed by atoms with Gasteiger partial charge in [-0.25, -0.2) is 0 Å². The number of hydrogen-bond donors (Lipinski definition) is 2. The van der Waals surface area contributed by atoms with Gasteiger partial charge in [0.1, 0.15) is 0 Å². The van der Waals surface area contributed by atoms with Crippen molar-refractivity contribution in [2.75, 3.05) is 6.61 Å². The van der Waals surface area contributed by atoms with Crippen LogP contribution in [0, 0.1) is 23.2 Å². The van der Waals surface area contributed by atoms with Crippen LogP contribution in [0.1, 0.15) is 116 Å². The van der Waals surface area contributed by atoms with Gasteiger partial charge in [0.05, 0.1) is 5.60 Å². The molecule has 0 saturated heterocycles. The molecule has 0 aromatic heterocycles. The summed E-state index contributed by atoms with van der Waals surface area (Å²) in [5.74, 6) is 1.32. The number of nitrogens with one attached hydrogen (secondary N) is 2. The lowest BCUT2D eigenvalue weighted by molar-refractivity contribution is -0.129. The van der Waals surface area contributed by atoms with Crippen LogP contribution in [0.15, 0.2) is 0 Å². The van der Waals surface area contributed by atoms with Crippen LogP contribution in [0.5, 0.6) is 0 Å². The van der Waals surface area contributed by atoms with Gasteiger partial charge in [-0.1, -0.05) is 55.4 Å². The quantitative estimate of drug-likeness (QED) is 0.321. The Hall–Kier alpha value is -0.610. The van der Waals surface area contributed by atoms with Gasteiger partial charge >= 0.3 is 0 Å². The minimum atomic E-state index is -0.335. The van der Waals surface area contributed by atoms with Gasteiger partial charge < -0.3 is 15.4 Å². The summed E-state index contributed by atoms with van der Waals surface area (Å²) >= 11 is 0. The summed E-state index contributed by atoms with van der Waals surface area (Å²) in [5, 5.41) is 6.96. The van der Waals surface area contributed by atoms with Gasteiger partial charge in [-0.2, -0.15) is 0 Å². The maximum absolute atomic E-state index is 13.0. The number of carbonyl (C=O) groups is 1. The molecule has 2 atom stereocenters. The highest BCUT2D eigenvalue weighted by Gasteiger charge is 2.42. The first kappa shape index (κ1) is 30.4. The van der Waals surface area contributed by atoms with Gasteiger partial charge in [-0.15, -0.1) is 0 Å². The smallest absolute Gasteiger partial charge is 0.223 e. The van der Waals surface area contributed by atoms with Crippen molar-refractivity contribution in [3.8, 4) is 0 Å². The van der Waals surface area contributed by atoms with Crippen LogP contribution < -0.4 is 10.6 Å². The highest BCUT2D eigenvalue weighted by molar-refractivity contribution is 5.79. The fraction of sp³-hybridized carbons (Fsp3) is 0.963. The standard InChI is InChI=1S/C27H56N2O2/c1-19(2)21(5)17-22(6)23(30)29-27(13,14)24(7,8)18-26(11,12)31-16-15-25(9,10)28-20(3)4/h19-22,28H,15-18H2,1-14H3,(H,29,30). The van der Waals surface area contributed by atoms with Crippen LogP contribution in [0.2, 0.25) is 0 Å². The Morgan fingerprint density at radius 2 is 1.39 bits per heavy atom. The Labute approximate surface area is 195 Å². The second-order valence-electron chi connectivity index (χ2n) is 13.1. The van der Waals surface area contributed by atoms with Crippen molar-refractivity contribution < 1.29 is 9.53 Å². The molecule has 2 N–H and O–H groups in total. The van der Waals surface area contributed by atoms with Crippen molar-refractivity contribution in [3.05, 3.63) is 0 Å². The van der Waals surface area contributed by atoms with Crippen LogP contribution in [-0.4, -0.2) is 35.2 Å². The van der Waals surface area contributed by atoms with Crippen LogP contribution in [0.4, 0.5) is 0 Å². The molecule has 0 aliphatic carbocycles. The topological polar surface area (TPSA) is 50.4 Å². The van der Waals surface area contributed by atoms with E-state index < -0.39 is 0 Å². The van der Waals surface area contributed by atoms with E-state index in [1.807, 2.05) is 0 Å². The second kappa shape index (κ2) is 11.5. The highest BCUT2D eigenvalue weighted by atomic mass is 16.5. The predicted molar refractivity (Wildman–Crippen MR) is 135 cm³/mol. The molecule has 0 spiro atoms. The molecule has 0 radical (unpaired) electrons. The molecule has 4 heteroatoms. The number of amides is 1. The first-order valence-electron chi connectivity index (χ1n) is 12.4. The molecular formula is C27H56N2O2. The van der Waals surface area contributed by atoms with Crippen molar-refractivity contribution in [1.29, 1.82) is 0 Å². The number of rotatable bonds is 14. The molecule has 0 aromatic carbocycles. The Kier molecular flexibility index (Phi) is 11.3. The van der Waals surface area contributed by atoms with E-state index in [2.05, 4.69) is 108 Å². The lowest BCUT2D eigenvalue weighted by atomic mass is 9.68. The first-order valence-corrected chi connectivity index (χ1v) is 12.4. The van der Waals surface area contributed by atoms with E-state index >= 15 is 0 Å². The normalized spacial score (nSPS) is 16.0. The molecule has 0 rings (SSSR count). The van der Waals surface area contributed by atoms with E-state index in [-0.39, 0.29) is 33.9 Å². The van der Waals surface area contributed by atoms with Gasteiger partial charge in [0.25, 0.3) is 0 Å². The molecule has 1 amide bonds. The van der Waals surface area contributed by atoms with Gasteiger partial charge in [0.2, 0.25) is 5.91 Å². The van der Waals surface area contributed by atoms with E-state index in [1.165, 1.54) is 0 Å². The minimum absolute atomic E-state index is 0.0208. The van der Waals surface area contributed by atoms with E-state index in [9.17, 15) is 4.79 Å². The summed E-state index contributed by atoms with van der Waals surface area (Å²) in [6.07, 6.45) is 2.75. The lowest BCUT2D eigenvalue weighted by Crippen LogP contribution is -2.57. The second-order valence-corrected chi connectivity index (χ2v) is 13.1. The maximum Gasteiger partial charge on any atom is 0.223 e.